The summed E-state index contributed by atoms with van der Waals surface area (Å²) in [6.07, 6.45) is 0. The molecule has 0 atom stereocenters. The molecule has 112 valence electrons. The SMILES string of the molecule is Cc1cc(Cn2nnnc2-c2ccc(Cl)cc2)cc(C)c1O. The predicted molar refractivity (Wildman–Crippen MR) is 84.9 cm³/mol. The third kappa shape index (κ3) is 2.80. The molecule has 1 N–H and O–H groups in total. The second-order valence-electron chi connectivity index (χ2n) is 5.25. The van der Waals surface area contributed by atoms with Gasteiger partial charge in [-0.15, -0.1) is 5.10 Å². The first-order valence-electron chi connectivity index (χ1n) is 6.86. The Balaban J connectivity index is 1.94. The van der Waals surface area contributed by atoms with E-state index in [2.05, 4.69) is 15.5 Å². The number of benzene rings is 2. The van der Waals surface area contributed by atoms with Gasteiger partial charge in [-0.2, -0.15) is 0 Å². The molecular weight excluding hydrogens is 300 g/mol. The number of aromatic nitrogens is 4. The maximum absolute atomic E-state index is 9.86. The summed E-state index contributed by atoms with van der Waals surface area (Å²) in [7, 11) is 0. The number of hydrogen-bond acceptors (Lipinski definition) is 4. The van der Waals surface area contributed by atoms with Crippen molar-refractivity contribution < 1.29 is 5.11 Å². The third-order valence-electron chi connectivity index (χ3n) is 3.52. The first kappa shape index (κ1) is 14.5. The first-order chi connectivity index (χ1) is 10.5. The summed E-state index contributed by atoms with van der Waals surface area (Å²) in [5.74, 6) is 1.01. The number of tetrazole rings is 1. The quantitative estimate of drug-likeness (QED) is 0.805. The van der Waals surface area contributed by atoms with E-state index in [1.54, 1.807) is 4.68 Å². The zero-order valence-electron chi connectivity index (χ0n) is 12.3. The van der Waals surface area contributed by atoms with E-state index in [1.165, 1.54) is 0 Å². The van der Waals surface area contributed by atoms with E-state index in [-0.39, 0.29) is 0 Å². The second kappa shape index (κ2) is 5.77. The van der Waals surface area contributed by atoms with Gasteiger partial charge in [0.05, 0.1) is 6.54 Å². The fourth-order valence-corrected chi connectivity index (χ4v) is 2.55. The lowest BCUT2D eigenvalue weighted by Crippen LogP contribution is -2.05. The van der Waals surface area contributed by atoms with Crippen LogP contribution in [0.15, 0.2) is 36.4 Å². The zero-order valence-corrected chi connectivity index (χ0v) is 13.0. The van der Waals surface area contributed by atoms with Gasteiger partial charge in [0, 0.05) is 10.6 Å². The lowest BCUT2D eigenvalue weighted by molar-refractivity contribution is 0.466. The molecule has 1 heterocycles. The number of rotatable bonds is 3. The summed E-state index contributed by atoms with van der Waals surface area (Å²) in [6.45, 7) is 4.30. The summed E-state index contributed by atoms with van der Waals surface area (Å²) in [6, 6.07) is 11.3. The van der Waals surface area contributed by atoms with Crippen LogP contribution in [0.25, 0.3) is 11.4 Å². The molecule has 0 spiro atoms. The number of halogens is 1. The van der Waals surface area contributed by atoms with Gasteiger partial charge >= 0.3 is 0 Å². The minimum Gasteiger partial charge on any atom is -0.507 e. The molecule has 0 bridgehead atoms. The summed E-state index contributed by atoms with van der Waals surface area (Å²) >= 11 is 5.91. The molecule has 0 aliphatic carbocycles. The van der Waals surface area contributed by atoms with Crippen molar-refractivity contribution >= 4 is 11.6 Å². The second-order valence-corrected chi connectivity index (χ2v) is 5.68. The number of nitrogens with zero attached hydrogens (tertiary/aromatic N) is 4. The predicted octanol–water partition coefficient (Wildman–Crippen LogP) is 3.36. The Hall–Kier alpha value is -2.40. The van der Waals surface area contributed by atoms with Crippen LogP contribution in [0.5, 0.6) is 5.75 Å². The molecule has 1 aromatic heterocycles. The lowest BCUT2D eigenvalue weighted by atomic mass is 10.1. The van der Waals surface area contributed by atoms with Gasteiger partial charge < -0.3 is 5.11 Å². The van der Waals surface area contributed by atoms with E-state index in [9.17, 15) is 5.11 Å². The van der Waals surface area contributed by atoms with Crippen molar-refractivity contribution in [3.63, 3.8) is 0 Å². The van der Waals surface area contributed by atoms with Crippen LogP contribution < -0.4 is 0 Å². The fourth-order valence-electron chi connectivity index (χ4n) is 2.43. The van der Waals surface area contributed by atoms with Crippen LogP contribution in [0.2, 0.25) is 5.02 Å². The molecule has 22 heavy (non-hydrogen) atoms. The largest absolute Gasteiger partial charge is 0.507 e. The third-order valence-corrected chi connectivity index (χ3v) is 3.77. The number of phenols is 1. The Morgan fingerprint density at radius 1 is 1.09 bits per heavy atom. The van der Waals surface area contributed by atoms with Crippen LogP contribution >= 0.6 is 11.6 Å². The minimum atomic E-state index is 0.332. The highest BCUT2D eigenvalue weighted by Crippen LogP contribution is 2.24. The monoisotopic (exact) mass is 314 g/mol. The number of aryl methyl sites for hydroxylation is 2. The van der Waals surface area contributed by atoms with Crippen molar-refractivity contribution in [2.75, 3.05) is 0 Å². The molecule has 3 aromatic rings. The Bertz CT molecular complexity index is 788. The van der Waals surface area contributed by atoms with E-state index in [0.29, 0.717) is 23.1 Å². The molecule has 6 heteroatoms. The van der Waals surface area contributed by atoms with Crippen molar-refractivity contribution in [2.24, 2.45) is 0 Å². The summed E-state index contributed by atoms with van der Waals surface area (Å²) in [5.41, 5.74) is 3.63. The van der Waals surface area contributed by atoms with Gasteiger partial charge in [-0.25, -0.2) is 4.68 Å². The van der Waals surface area contributed by atoms with Gasteiger partial charge in [0.2, 0.25) is 0 Å². The van der Waals surface area contributed by atoms with Crippen LogP contribution in [0.4, 0.5) is 0 Å². The van der Waals surface area contributed by atoms with E-state index < -0.39 is 0 Å². The van der Waals surface area contributed by atoms with Crippen molar-refractivity contribution in [3.8, 4) is 17.1 Å². The van der Waals surface area contributed by atoms with Crippen LogP contribution in [0, 0.1) is 13.8 Å². The Morgan fingerprint density at radius 3 is 2.36 bits per heavy atom. The molecule has 0 unspecified atom stereocenters. The highest BCUT2D eigenvalue weighted by Gasteiger charge is 2.11. The molecule has 3 rings (SSSR count). The van der Waals surface area contributed by atoms with Crippen LogP contribution in [0.3, 0.4) is 0 Å². The molecular formula is C16H15ClN4O. The molecule has 0 radical (unpaired) electrons. The van der Waals surface area contributed by atoms with Crippen molar-refractivity contribution in [2.45, 2.75) is 20.4 Å². The molecule has 5 nitrogen and oxygen atoms in total. The maximum Gasteiger partial charge on any atom is 0.182 e. The average molecular weight is 315 g/mol. The van der Waals surface area contributed by atoms with Gasteiger partial charge in [-0.3, -0.25) is 0 Å². The molecule has 0 aliphatic heterocycles. The Morgan fingerprint density at radius 2 is 1.73 bits per heavy atom. The summed E-state index contributed by atoms with van der Waals surface area (Å²) in [4.78, 5) is 0. The lowest BCUT2D eigenvalue weighted by Gasteiger charge is -2.09. The van der Waals surface area contributed by atoms with Crippen molar-refractivity contribution in [1.29, 1.82) is 0 Å². The average Bonchev–Trinajstić information content (AvgIpc) is 2.93. The van der Waals surface area contributed by atoms with Gasteiger partial charge in [0.15, 0.2) is 5.82 Å². The van der Waals surface area contributed by atoms with E-state index in [1.807, 2.05) is 50.2 Å². The highest BCUT2D eigenvalue weighted by atomic mass is 35.5. The molecule has 0 saturated heterocycles. The van der Waals surface area contributed by atoms with Gasteiger partial charge in [-0.05, 0) is 65.2 Å². The van der Waals surface area contributed by atoms with E-state index in [0.717, 1.165) is 22.3 Å². The number of hydrogen-bond donors (Lipinski definition) is 1. The maximum atomic E-state index is 9.86. The molecule has 0 fully saturated rings. The Labute approximate surface area is 133 Å². The molecule has 0 amide bonds. The first-order valence-corrected chi connectivity index (χ1v) is 7.23. The Kier molecular flexibility index (Phi) is 3.81. The standard InChI is InChI=1S/C16H15ClN4O/c1-10-7-12(8-11(2)15(10)22)9-21-16(18-19-20-21)13-3-5-14(17)6-4-13/h3-8,22H,9H2,1-2H3. The summed E-state index contributed by atoms with van der Waals surface area (Å²) < 4.78 is 1.73. The van der Waals surface area contributed by atoms with E-state index in [4.69, 9.17) is 11.6 Å². The minimum absolute atomic E-state index is 0.332. The summed E-state index contributed by atoms with van der Waals surface area (Å²) in [5, 5.41) is 22.4. The zero-order chi connectivity index (χ0) is 15.7. The number of phenolic OH excluding ortho intramolecular Hbond substituents is 1. The highest BCUT2D eigenvalue weighted by molar-refractivity contribution is 6.30. The molecule has 0 saturated carbocycles. The van der Waals surface area contributed by atoms with Crippen LogP contribution in [0.1, 0.15) is 16.7 Å². The van der Waals surface area contributed by atoms with Crippen LogP contribution in [-0.4, -0.2) is 25.3 Å². The van der Waals surface area contributed by atoms with Crippen molar-refractivity contribution in [1.82, 2.24) is 20.2 Å². The normalized spacial score (nSPS) is 10.9. The van der Waals surface area contributed by atoms with Crippen molar-refractivity contribution in [3.05, 3.63) is 58.1 Å². The smallest absolute Gasteiger partial charge is 0.182 e. The molecule has 0 aliphatic rings. The van der Waals surface area contributed by atoms with E-state index >= 15 is 0 Å². The topological polar surface area (TPSA) is 63.8 Å². The molecule has 2 aromatic carbocycles. The fraction of sp³-hybridized carbons (Fsp3) is 0.188. The van der Waals surface area contributed by atoms with Gasteiger partial charge in [0.1, 0.15) is 5.75 Å². The van der Waals surface area contributed by atoms with Crippen LogP contribution in [-0.2, 0) is 6.54 Å². The van der Waals surface area contributed by atoms with Gasteiger partial charge in [0.25, 0.3) is 0 Å². The van der Waals surface area contributed by atoms with Gasteiger partial charge in [-0.1, -0.05) is 23.7 Å². The number of aromatic hydroxyl groups is 1.